The second kappa shape index (κ2) is 28.2. The average Bonchev–Trinajstić information content (AvgIpc) is 3.45. The SMILES string of the molecule is C[C@@H](O)COC[C@@H]1O[C@@H]2O[C@H]3[C@@H](O)[C@@H](O)[C@@H](O[C@H]4[C@@H](O)[C@H](O)[C@@H](O[C@H]5[C@H](O)[C@H](O)[C@@H](O[C@H]6[C@H](O)[C@@H](O)[C@@H](O[C@H]7[C@H](O)[C@@H](O)[C@@H](O[C@H]8[C@H](O)[C@@H](O)[C@@H](O[C@H]1[C@H](O)[C@H]2O)O[C@H]8CO)O[C@H]7CO)O[C@H]6CO)O[C@@H]5CO)O[C@@H]4CO)O[C@@H]3CO. The first-order valence-corrected chi connectivity index (χ1v) is 26.1. The van der Waals surface area contributed by atoms with Crippen LogP contribution >= 0.6 is 0 Å². The number of rotatable bonds is 10. The minimum atomic E-state index is -2.22. The van der Waals surface area contributed by atoms with Crippen molar-refractivity contribution in [2.24, 2.45) is 0 Å². The van der Waals surface area contributed by atoms with Crippen molar-refractivity contribution in [1.82, 2.24) is 0 Å². The Balaban J connectivity index is 1.09. The lowest BCUT2D eigenvalue weighted by molar-refractivity contribution is -0.397. The van der Waals surface area contributed by atoms with Gasteiger partial charge in [0.25, 0.3) is 0 Å². The summed E-state index contributed by atoms with van der Waals surface area (Å²) in [5, 5.41) is 232. The maximum Gasteiger partial charge on any atom is 0.187 e. The molecule has 0 spiro atoms. The molecule has 81 heavy (non-hydrogen) atoms. The molecule has 36 heteroatoms. The van der Waals surface area contributed by atoms with Crippen molar-refractivity contribution in [3.63, 3.8) is 0 Å². The molecule has 14 bridgehead atoms. The van der Waals surface area contributed by atoms with E-state index in [-0.39, 0.29) is 6.61 Å². The van der Waals surface area contributed by atoms with Gasteiger partial charge in [-0.3, -0.25) is 0 Å². The van der Waals surface area contributed by atoms with Gasteiger partial charge in [0.15, 0.2) is 44.0 Å². The predicted molar refractivity (Wildman–Crippen MR) is 244 cm³/mol. The first kappa shape index (κ1) is 65.5. The highest BCUT2D eigenvalue weighted by atomic mass is 16.8. The monoisotopic (exact) mass is 1190 g/mol. The van der Waals surface area contributed by atoms with Gasteiger partial charge in [0.2, 0.25) is 0 Å². The zero-order valence-electron chi connectivity index (χ0n) is 43.0. The van der Waals surface area contributed by atoms with Gasteiger partial charge in [-0.05, 0) is 6.92 Å². The Morgan fingerprint density at radius 3 is 0.580 bits per heavy atom. The van der Waals surface area contributed by atoms with Crippen molar-refractivity contribution in [1.29, 1.82) is 0 Å². The molecular formula is C45H76O36. The molecule has 0 aromatic carbocycles. The molecule has 21 N–H and O–H groups in total. The van der Waals surface area contributed by atoms with Gasteiger partial charge in [-0.1, -0.05) is 0 Å². The van der Waals surface area contributed by atoms with Crippen molar-refractivity contribution in [2.75, 3.05) is 52.9 Å². The summed E-state index contributed by atoms with van der Waals surface area (Å²) >= 11 is 0. The molecule has 21 aliphatic rings. The van der Waals surface area contributed by atoms with E-state index >= 15 is 0 Å². The van der Waals surface area contributed by atoms with Gasteiger partial charge < -0.3 is 178 Å². The van der Waals surface area contributed by atoms with Gasteiger partial charge in [-0.25, -0.2) is 0 Å². The Morgan fingerprint density at radius 1 is 0.259 bits per heavy atom. The fourth-order valence-electron chi connectivity index (χ4n) is 10.8. The average molecular weight is 1190 g/mol. The van der Waals surface area contributed by atoms with Crippen molar-refractivity contribution in [3.8, 4) is 0 Å². The molecule has 0 aromatic heterocycles. The summed E-state index contributed by atoms with van der Waals surface area (Å²) in [6.45, 7) is -5.92. The Labute approximate surface area is 458 Å². The van der Waals surface area contributed by atoms with Crippen LogP contribution in [0.1, 0.15) is 6.92 Å². The highest BCUT2D eigenvalue weighted by molar-refractivity contribution is 5.02. The molecule has 0 amide bonds. The summed E-state index contributed by atoms with van der Waals surface area (Å²) in [7, 11) is 0. The van der Waals surface area contributed by atoms with Gasteiger partial charge >= 0.3 is 0 Å². The molecule has 21 saturated heterocycles. The second-order valence-corrected chi connectivity index (χ2v) is 20.9. The quantitative estimate of drug-likeness (QED) is 0.0966. The molecule has 472 valence electrons. The number of aliphatic hydroxyl groups is 21. The van der Waals surface area contributed by atoms with Crippen LogP contribution in [0.2, 0.25) is 0 Å². The van der Waals surface area contributed by atoms with E-state index in [1.807, 2.05) is 0 Å². The van der Waals surface area contributed by atoms with Gasteiger partial charge in [0.1, 0.15) is 171 Å². The fourth-order valence-corrected chi connectivity index (χ4v) is 10.8. The molecule has 0 aromatic rings. The Hall–Kier alpha value is -1.44. The van der Waals surface area contributed by atoms with Crippen LogP contribution in [0.3, 0.4) is 0 Å². The Morgan fingerprint density at radius 2 is 0.420 bits per heavy atom. The van der Waals surface area contributed by atoms with Crippen molar-refractivity contribution in [2.45, 2.75) is 228 Å². The normalized spacial score (nSPS) is 53.6. The number of hydrogen-bond acceptors (Lipinski definition) is 36. The van der Waals surface area contributed by atoms with Crippen LogP contribution in [0.25, 0.3) is 0 Å². The molecule has 36 atom stereocenters. The molecule has 0 aliphatic carbocycles. The van der Waals surface area contributed by atoms with E-state index in [1.165, 1.54) is 6.92 Å². The minimum Gasteiger partial charge on any atom is -0.394 e. The molecule has 0 saturated carbocycles. The van der Waals surface area contributed by atoms with Crippen LogP contribution in [0.15, 0.2) is 0 Å². The van der Waals surface area contributed by atoms with Gasteiger partial charge in [-0.15, -0.1) is 0 Å². The summed E-state index contributed by atoms with van der Waals surface area (Å²) < 4.78 is 86.0. The van der Waals surface area contributed by atoms with Gasteiger partial charge in [-0.2, -0.15) is 0 Å². The third kappa shape index (κ3) is 13.5. The third-order valence-corrected chi connectivity index (χ3v) is 15.2. The van der Waals surface area contributed by atoms with E-state index in [9.17, 15) is 107 Å². The minimum absolute atomic E-state index is 0.359. The summed E-state index contributed by atoms with van der Waals surface area (Å²) in [4.78, 5) is 0. The summed E-state index contributed by atoms with van der Waals surface area (Å²) in [6, 6.07) is 0. The van der Waals surface area contributed by atoms with Crippen molar-refractivity contribution >= 4 is 0 Å². The second-order valence-electron chi connectivity index (χ2n) is 20.9. The van der Waals surface area contributed by atoms with E-state index in [0.717, 1.165) is 0 Å². The summed E-state index contributed by atoms with van der Waals surface area (Å²) in [6.07, 6.45) is -71.3. The summed E-state index contributed by atoms with van der Waals surface area (Å²) in [5.41, 5.74) is 0. The van der Waals surface area contributed by atoms with Crippen LogP contribution in [-0.4, -0.2) is 381 Å². The van der Waals surface area contributed by atoms with Crippen LogP contribution in [0, 0.1) is 0 Å². The molecule has 21 fully saturated rings. The standard InChI is InChI=1S/C45H76O36/c1-10(52)8-67-9-17-38-24(59)31(66)45(74-17)80-37-16(7-51)72-43(29(64)22(37)57)78-35-14(5-49)70-41(27(62)20(35)55)76-33-12(3-47)68-39(25(60)18(33)53)75-32-11(2-46)69-40(26(61)19(32)54)77-34-13(4-48)71-42(28(63)21(34)56)79-36-15(6-50)73-44(81-38)30(65)23(36)58/h10-66H,2-9H2,1H3/t10-,11+,12-,13+,14-,15+,16-,17+,18-,19-,20+,21-,22+,23-,24-,25+,26-,27+,28-,29-,30-,31-,32-,33-,34-,35-,36-,37-,38-,39-,40-,41-,42-,43-,44-,45-/m1/s1. The van der Waals surface area contributed by atoms with E-state index in [4.69, 9.17) is 71.1 Å². The molecule has 0 radical (unpaired) electrons. The van der Waals surface area contributed by atoms with E-state index in [2.05, 4.69) is 0 Å². The lowest BCUT2D eigenvalue weighted by atomic mass is 9.95. The third-order valence-electron chi connectivity index (χ3n) is 15.2. The van der Waals surface area contributed by atoms with E-state index < -0.39 is 267 Å². The van der Waals surface area contributed by atoms with Crippen LogP contribution in [0.5, 0.6) is 0 Å². The smallest absolute Gasteiger partial charge is 0.187 e. The topological polar surface area (TPSA) is 563 Å². The van der Waals surface area contributed by atoms with Crippen LogP contribution in [-0.2, 0) is 71.1 Å². The van der Waals surface area contributed by atoms with Gasteiger partial charge in [0, 0.05) is 0 Å². The predicted octanol–water partition coefficient (Wildman–Crippen LogP) is -14.8. The lowest BCUT2D eigenvalue weighted by Gasteiger charge is -2.50. The lowest BCUT2D eigenvalue weighted by Crippen LogP contribution is -2.68. The van der Waals surface area contributed by atoms with E-state index in [1.54, 1.807) is 0 Å². The largest absolute Gasteiger partial charge is 0.394 e. The molecule has 21 aliphatic heterocycles. The number of aliphatic hydroxyl groups excluding tert-OH is 21. The van der Waals surface area contributed by atoms with Crippen molar-refractivity contribution in [3.05, 3.63) is 0 Å². The zero-order chi connectivity index (χ0) is 59.0. The molecule has 36 nitrogen and oxygen atoms in total. The van der Waals surface area contributed by atoms with Crippen LogP contribution in [0.4, 0.5) is 0 Å². The molecule has 21 rings (SSSR count). The molecule has 0 unspecified atom stereocenters. The Bertz CT molecular complexity index is 1900. The van der Waals surface area contributed by atoms with Crippen LogP contribution < -0.4 is 0 Å². The Kier molecular flexibility index (Phi) is 22.8. The first-order valence-electron chi connectivity index (χ1n) is 26.1. The van der Waals surface area contributed by atoms with Gasteiger partial charge in [0.05, 0.1) is 59.0 Å². The highest BCUT2D eigenvalue weighted by Crippen LogP contribution is 2.39. The maximum atomic E-state index is 11.6. The molecular weight excluding hydrogens is 1120 g/mol. The van der Waals surface area contributed by atoms with Crippen molar-refractivity contribution < 1.29 is 178 Å². The molecule has 21 heterocycles. The fraction of sp³-hybridized carbons (Fsp3) is 1.00. The number of ether oxygens (including phenoxy) is 15. The zero-order valence-corrected chi connectivity index (χ0v) is 43.0. The highest BCUT2D eigenvalue weighted by Gasteiger charge is 2.59. The maximum absolute atomic E-state index is 11.6. The summed E-state index contributed by atoms with van der Waals surface area (Å²) in [5.74, 6) is 0. The first-order chi connectivity index (χ1) is 38.5. The number of hydrogen-bond donors (Lipinski definition) is 21. The van der Waals surface area contributed by atoms with E-state index in [0.29, 0.717) is 0 Å².